The summed E-state index contributed by atoms with van der Waals surface area (Å²) >= 11 is 0. The van der Waals surface area contributed by atoms with Crippen LogP contribution in [0.15, 0.2) is 24.3 Å². The highest BCUT2D eigenvalue weighted by molar-refractivity contribution is 7.90. The van der Waals surface area contributed by atoms with Crippen molar-refractivity contribution in [2.45, 2.75) is 77.0 Å². The van der Waals surface area contributed by atoms with Gasteiger partial charge in [0.2, 0.25) is 15.9 Å². The molecule has 0 unspecified atom stereocenters. The number of benzene rings is 1. The van der Waals surface area contributed by atoms with E-state index in [2.05, 4.69) is 29.1 Å². The molecule has 1 aromatic rings. The summed E-state index contributed by atoms with van der Waals surface area (Å²) in [4.78, 5) is 12.5. The molecule has 146 valence electrons. The Bertz CT molecular complexity index is 676. The van der Waals surface area contributed by atoms with Gasteiger partial charge < -0.3 is 5.32 Å². The lowest BCUT2D eigenvalue weighted by Crippen LogP contribution is -2.42. The smallest absolute Gasteiger partial charge is 0.227 e. The van der Waals surface area contributed by atoms with Crippen molar-refractivity contribution in [2.75, 3.05) is 5.32 Å². The van der Waals surface area contributed by atoms with Gasteiger partial charge in [0.25, 0.3) is 0 Å². The maximum atomic E-state index is 12.5. The molecule has 1 fully saturated rings. The zero-order valence-corrected chi connectivity index (χ0v) is 16.9. The van der Waals surface area contributed by atoms with Gasteiger partial charge in [0.05, 0.1) is 5.25 Å². The Labute approximate surface area is 158 Å². The van der Waals surface area contributed by atoms with E-state index in [0.717, 1.165) is 12.1 Å². The van der Waals surface area contributed by atoms with Crippen LogP contribution >= 0.6 is 0 Å². The quantitative estimate of drug-likeness (QED) is 0.719. The lowest BCUT2D eigenvalue weighted by atomic mass is 9.86. The van der Waals surface area contributed by atoms with E-state index < -0.39 is 15.3 Å². The van der Waals surface area contributed by atoms with E-state index in [-0.39, 0.29) is 17.9 Å². The van der Waals surface area contributed by atoms with Crippen LogP contribution in [0.4, 0.5) is 5.69 Å². The summed E-state index contributed by atoms with van der Waals surface area (Å²) in [6.07, 6.45) is 6.27. The zero-order chi connectivity index (χ0) is 19.2. The van der Waals surface area contributed by atoms with Crippen molar-refractivity contribution >= 4 is 21.6 Å². The van der Waals surface area contributed by atoms with Crippen molar-refractivity contribution in [3.8, 4) is 0 Å². The Morgan fingerprint density at radius 1 is 1.12 bits per heavy atom. The maximum Gasteiger partial charge on any atom is 0.227 e. The molecule has 0 atom stereocenters. The molecule has 1 aliphatic rings. The summed E-state index contributed by atoms with van der Waals surface area (Å²) in [5, 5.41) is 2.57. The first kappa shape index (κ1) is 20.9. The Kier molecular flexibility index (Phi) is 7.65. The van der Waals surface area contributed by atoms with Gasteiger partial charge in [-0.1, -0.05) is 25.5 Å². The van der Waals surface area contributed by atoms with Crippen LogP contribution in [0, 0.1) is 5.92 Å². The van der Waals surface area contributed by atoms with Gasteiger partial charge in [0.1, 0.15) is 0 Å². The highest BCUT2D eigenvalue weighted by Gasteiger charge is 2.29. The van der Waals surface area contributed by atoms with Gasteiger partial charge >= 0.3 is 0 Å². The first-order valence-corrected chi connectivity index (χ1v) is 11.3. The molecular formula is C20H32N2O3S. The average molecular weight is 381 g/mol. The molecule has 1 aromatic carbocycles. The molecule has 0 saturated heterocycles. The highest BCUT2D eigenvalue weighted by atomic mass is 32.2. The van der Waals surface area contributed by atoms with Crippen LogP contribution in [-0.2, 0) is 21.2 Å². The second kappa shape index (κ2) is 9.51. The second-order valence-electron chi connectivity index (χ2n) is 7.55. The molecule has 1 aliphatic carbocycles. The Balaban J connectivity index is 1.81. The highest BCUT2D eigenvalue weighted by Crippen LogP contribution is 2.26. The molecule has 6 heteroatoms. The molecule has 26 heavy (non-hydrogen) atoms. The molecule has 0 radical (unpaired) electrons. The van der Waals surface area contributed by atoms with E-state index in [1.165, 1.54) is 18.4 Å². The van der Waals surface area contributed by atoms with Crippen LogP contribution in [0.5, 0.6) is 0 Å². The Morgan fingerprint density at radius 3 is 2.27 bits per heavy atom. The first-order valence-electron chi connectivity index (χ1n) is 9.72. The number of rotatable bonds is 8. The summed E-state index contributed by atoms with van der Waals surface area (Å²) in [7, 11) is -3.25. The van der Waals surface area contributed by atoms with E-state index in [9.17, 15) is 13.2 Å². The molecule has 0 heterocycles. The summed E-state index contributed by atoms with van der Waals surface area (Å²) < 4.78 is 26.7. The molecule has 0 aromatic heterocycles. The molecule has 0 spiro atoms. The van der Waals surface area contributed by atoms with Gasteiger partial charge in [0.15, 0.2) is 0 Å². The minimum atomic E-state index is -3.25. The van der Waals surface area contributed by atoms with E-state index in [1.807, 2.05) is 12.1 Å². The topological polar surface area (TPSA) is 75.3 Å². The number of amides is 1. The number of sulfonamides is 1. The normalized spacial score (nSPS) is 20.9. The number of unbranched alkanes of at least 4 members (excludes halogenated alkanes) is 1. The van der Waals surface area contributed by atoms with Gasteiger partial charge in [-0.05, 0) is 70.1 Å². The fraction of sp³-hybridized carbons (Fsp3) is 0.650. The molecular weight excluding hydrogens is 348 g/mol. The minimum Gasteiger partial charge on any atom is -0.326 e. The van der Waals surface area contributed by atoms with E-state index >= 15 is 0 Å². The molecule has 0 aliphatic heterocycles. The first-order chi connectivity index (χ1) is 12.3. The molecule has 5 nitrogen and oxygen atoms in total. The van der Waals surface area contributed by atoms with Crippen LogP contribution in [0.2, 0.25) is 0 Å². The number of hydrogen-bond acceptors (Lipinski definition) is 3. The standard InChI is InChI=1S/C20H32N2O3S/c1-4-5-6-16-7-11-18(12-8-16)21-20(23)17-9-13-19(14-10-17)22-26(24,25)15(2)3/h7-8,11-12,15,17,19,22H,4-6,9-10,13-14H2,1-3H3,(H,21,23). The lowest BCUT2D eigenvalue weighted by molar-refractivity contribution is -0.120. The third-order valence-electron chi connectivity index (χ3n) is 5.09. The van der Waals surface area contributed by atoms with E-state index in [4.69, 9.17) is 0 Å². The van der Waals surface area contributed by atoms with E-state index in [1.54, 1.807) is 13.8 Å². The Morgan fingerprint density at radius 2 is 1.73 bits per heavy atom. The fourth-order valence-corrected chi connectivity index (χ4v) is 4.19. The average Bonchev–Trinajstić information content (AvgIpc) is 2.61. The molecule has 1 saturated carbocycles. The molecule has 1 amide bonds. The van der Waals surface area contributed by atoms with Gasteiger partial charge in [-0.2, -0.15) is 0 Å². The van der Waals surface area contributed by atoms with Crippen molar-refractivity contribution < 1.29 is 13.2 Å². The van der Waals surface area contributed by atoms with Gasteiger partial charge in [-0.15, -0.1) is 0 Å². The summed E-state index contributed by atoms with van der Waals surface area (Å²) in [6.45, 7) is 5.53. The van der Waals surface area contributed by atoms with E-state index in [0.29, 0.717) is 25.7 Å². The number of aryl methyl sites for hydroxylation is 1. The maximum absolute atomic E-state index is 12.5. The number of nitrogens with one attached hydrogen (secondary N) is 2. The van der Waals surface area contributed by atoms with Crippen LogP contribution in [-0.4, -0.2) is 25.6 Å². The lowest BCUT2D eigenvalue weighted by Gasteiger charge is -2.28. The SMILES string of the molecule is CCCCc1ccc(NC(=O)C2CCC(NS(=O)(=O)C(C)C)CC2)cc1. The van der Waals surface area contributed by atoms with Crippen molar-refractivity contribution in [3.05, 3.63) is 29.8 Å². The predicted molar refractivity (Wildman–Crippen MR) is 107 cm³/mol. The number of hydrogen-bond donors (Lipinski definition) is 2. The zero-order valence-electron chi connectivity index (χ0n) is 16.1. The largest absolute Gasteiger partial charge is 0.326 e. The third-order valence-corrected chi connectivity index (χ3v) is 6.99. The van der Waals surface area contributed by atoms with Crippen molar-refractivity contribution in [2.24, 2.45) is 5.92 Å². The second-order valence-corrected chi connectivity index (χ2v) is 9.82. The Hall–Kier alpha value is -1.40. The van der Waals surface area contributed by atoms with Gasteiger partial charge in [0, 0.05) is 17.6 Å². The summed E-state index contributed by atoms with van der Waals surface area (Å²) in [6, 6.07) is 8.02. The van der Waals surface area contributed by atoms with Crippen LogP contribution < -0.4 is 10.0 Å². The van der Waals surface area contributed by atoms with Crippen LogP contribution in [0.25, 0.3) is 0 Å². The fourth-order valence-electron chi connectivity index (χ4n) is 3.22. The van der Waals surface area contributed by atoms with Gasteiger partial charge in [-0.25, -0.2) is 13.1 Å². The van der Waals surface area contributed by atoms with Crippen molar-refractivity contribution in [3.63, 3.8) is 0 Å². The number of anilines is 1. The summed E-state index contributed by atoms with van der Waals surface area (Å²) in [5.41, 5.74) is 2.13. The van der Waals surface area contributed by atoms with Crippen LogP contribution in [0.1, 0.15) is 64.9 Å². The third kappa shape index (κ3) is 6.09. The molecule has 2 rings (SSSR count). The molecule has 2 N–H and O–H groups in total. The molecule has 0 bridgehead atoms. The number of carbonyl (C=O) groups is 1. The van der Waals surface area contributed by atoms with Crippen LogP contribution in [0.3, 0.4) is 0 Å². The number of carbonyl (C=O) groups excluding carboxylic acids is 1. The van der Waals surface area contributed by atoms with Gasteiger partial charge in [-0.3, -0.25) is 4.79 Å². The van der Waals surface area contributed by atoms with Crippen molar-refractivity contribution in [1.82, 2.24) is 4.72 Å². The monoisotopic (exact) mass is 380 g/mol. The minimum absolute atomic E-state index is 0.0384. The van der Waals surface area contributed by atoms with Crippen molar-refractivity contribution in [1.29, 1.82) is 0 Å². The summed E-state index contributed by atoms with van der Waals surface area (Å²) in [5.74, 6) is -0.00829. The predicted octanol–water partition coefficient (Wildman–Crippen LogP) is 3.85.